The van der Waals surface area contributed by atoms with Gasteiger partial charge in [0.15, 0.2) is 0 Å². The van der Waals surface area contributed by atoms with Gasteiger partial charge in [-0.05, 0) is 6.92 Å². The third-order valence-electron chi connectivity index (χ3n) is 2.17. The summed E-state index contributed by atoms with van der Waals surface area (Å²) in [5, 5.41) is 28.3. The van der Waals surface area contributed by atoms with Crippen LogP contribution in [0.5, 0.6) is 0 Å². The number of nitrogens with one attached hydrogen (secondary N) is 1. The molecule has 102 valence electrons. The number of aliphatic carboxylic acids is 3. The number of ketones is 1. The minimum absolute atomic E-state index is 0.234. The number of carboxylic acid groups (broad SMARTS) is 3. The molecule has 0 spiro atoms. The van der Waals surface area contributed by atoms with Crippen LogP contribution in [0.15, 0.2) is 0 Å². The standard InChI is InChI=1S/C10H15NO7/c1-5(12)2-6(9(15)16)4-11-7(10(17)18)3-8(13)14/h6-7,11H,2-4H2,1H3,(H,13,14)(H,15,16)(H,17,18). The van der Waals surface area contributed by atoms with Gasteiger partial charge in [-0.1, -0.05) is 0 Å². The lowest BCUT2D eigenvalue weighted by Gasteiger charge is -2.16. The fourth-order valence-electron chi connectivity index (χ4n) is 1.30. The Labute approximate surface area is 103 Å². The zero-order chi connectivity index (χ0) is 14.3. The van der Waals surface area contributed by atoms with E-state index in [0.717, 1.165) is 0 Å². The molecule has 0 aliphatic rings. The van der Waals surface area contributed by atoms with Crippen molar-refractivity contribution in [2.75, 3.05) is 6.54 Å². The first-order chi connectivity index (χ1) is 8.23. The molecule has 0 heterocycles. The van der Waals surface area contributed by atoms with Crippen molar-refractivity contribution in [2.24, 2.45) is 5.92 Å². The number of hydrogen-bond donors (Lipinski definition) is 4. The summed E-state index contributed by atoms with van der Waals surface area (Å²) in [6.07, 6.45) is -0.899. The van der Waals surface area contributed by atoms with E-state index in [1.165, 1.54) is 6.92 Å². The molecule has 2 unspecified atom stereocenters. The summed E-state index contributed by atoms with van der Waals surface area (Å²) < 4.78 is 0. The van der Waals surface area contributed by atoms with Gasteiger partial charge in [-0.15, -0.1) is 0 Å². The Morgan fingerprint density at radius 1 is 1.00 bits per heavy atom. The van der Waals surface area contributed by atoms with Crippen molar-refractivity contribution < 1.29 is 34.5 Å². The summed E-state index contributed by atoms with van der Waals surface area (Å²) >= 11 is 0. The molecule has 18 heavy (non-hydrogen) atoms. The van der Waals surface area contributed by atoms with Crippen molar-refractivity contribution in [3.8, 4) is 0 Å². The SMILES string of the molecule is CC(=O)CC(CNC(CC(=O)O)C(=O)O)C(=O)O. The summed E-state index contributed by atoms with van der Waals surface area (Å²) in [7, 11) is 0. The van der Waals surface area contributed by atoms with E-state index in [-0.39, 0.29) is 18.7 Å². The minimum atomic E-state index is -1.38. The van der Waals surface area contributed by atoms with Gasteiger partial charge in [0.25, 0.3) is 0 Å². The van der Waals surface area contributed by atoms with Gasteiger partial charge < -0.3 is 25.4 Å². The predicted molar refractivity (Wildman–Crippen MR) is 58.1 cm³/mol. The highest BCUT2D eigenvalue weighted by atomic mass is 16.4. The molecule has 0 amide bonds. The molecule has 0 aliphatic heterocycles. The average molecular weight is 261 g/mol. The maximum absolute atomic E-state index is 10.8. The summed E-state index contributed by atoms with van der Waals surface area (Å²) in [6, 6.07) is -1.38. The summed E-state index contributed by atoms with van der Waals surface area (Å²) in [4.78, 5) is 42.7. The van der Waals surface area contributed by atoms with E-state index in [1.54, 1.807) is 0 Å². The van der Waals surface area contributed by atoms with E-state index in [9.17, 15) is 19.2 Å². The molecule has 4 N–H and O–H groups in total. The van der Waals surface area contributed by atoms with Crippen LogP contribution in [0, 0.1) is 5.92 Å². The van der Waals surface area contributed by atoms with Crippen molar-refractivity contribution >= 4 is 23.7 Å². The highest BCUT2D eigenvalue weighted by Crippen LogP contribution is 2.04. The van der Waals surface area contributed by atoms with Crippen LogP contribution in [-0.2, 0) is 19.2 Å². The van der Waals surface area contributed by atoms with E-state index >= 15 is 0 Å². The third-order valence-corrected chi connectivity index (χ3v) is 2.17. The lowest BCUT2D eigenvalue weighted by molar-refractivity contribution is -0.147. The number of carbonyl (C=O) groups excluding carboxylic acids is 1. The van der Waals surface area contributed by atoms with Crippen molar-refractivity contribution in [1.82, 2.24) is 5.32 Å². The van der Waals surface area contributed by atoms with Crippen LogP contribution in [0.4, 0.5) is 0 Å². The highest BCUT2D eigenvalue weighted by molar-refractivity contribution is 5.82. The first kappa shape index (κ1) is 16.0. The van der Waals surface area contributed by atoms with Gasteiger partial charge in [0.1, 0.15) is 11.8 Å². The van der Waals surface area contributed by atoms with Gasteiger partial charge in [-0.3, -0.25) is 14.4 Å². The Kier molecular flexibility index (Phi) is 6.58. The fourth-order valence-corrected chi connectivity index (χ4v) is 1.30. The second-order valence-electron chi connectivity index (χ2n) is 3.84. The molecule has 0 fully saturated rings. The molecule has 0 saturated heterocycles. The molecule has 0 aromatic carbocycles. The number of hydrogen-bond acceptors (Lipinski definition) is 5. The van der Waals surface area contributed by atoms with E-state index in [4.69, 9.17) is 15.3 Å². The monoisotopic (exact) mass is 261 g/mol. The predicted octanol–water partition coefficient (Wildman–Crippen LogP) is -0.816. The molecule has 0 rings (SSSR count). The summed E-state index contributed by atoms with van der Waals surface area (Å²) in [5.41, 5.74) is 0. The van der Waals surface area contributed by atoms with Crippen LogP contribution < -0.4 is 5.32 Å². The van der Waals surface area contributed by atoms with Crippen molar-refractivity contribution in [1.29, 1.82) is 0 Å². The molecule has 8 nitrogen and oxygen atoms in total. The topological polar surface area (TPSA) is 141 Å². The number of Topliss-reactive ketones (excluding diaryl/α,β-unsaturated/α-hetero) is 1. The van der Waals surface area contributed by atoms with Gasteiger partial charge in [0.05, 0.1) is 12.3 Å². The molecule has 2 atom stereocenters. The Hall–Kier alpha value is -1.96. The summed E-state index contributed by atoms with van der Waals surface area (Å²) in [6.45, 7) is 0.945. The Balaban J connectivity index is 4.45. The Morgan fingerprint density at radius 3 is 1.89 bits per heavy atom. The van der Waals surface area contributed by atoms with Crippen molar-refractivity contribution in [2.45, 2.75) is 25.8 Å². The summed E-state index contributed by atoms with van der Waals surface area (Å²) in [5.74, 6) is -5.35. The van der Waals surface area contributed by atoms with Crippen LogP contribution in [0.1, 0.15) is 19.8 Å². The smallest absolute Gasteiger partial charge is 0.321 e. The number of carboxylic acids is 3. The van der Waals surface area contributed by atoms with Gasteiger partial charge in [-0.25, -0.2) is 0 Å². The van der Waals surface area contributed by atoms with Crippen LogP contribution >= 0.6 is 0 Å². The van der Waals surface area contributed by atoms with Gasteiger partial charge in [0.2, 0.25) is 0 Å². The van der Waals surface area contributed by atoms with E-state index in [1.807, 2.05) is 0 Å². The third kappa shape index (κ3) is 6.59. The van der Waals surface area contributed by atoms with Gasteiger partial charge >= 0.3 is 17.9 Å². The molecule has 0 bridgehead atoms. The molecule has 0 aliphatic carbocycles. The Morgan fingerprint density at radius 2 is 1.56 bits per heavy atom. The van der Waals surface area contributed by atoms with Crippen LogP contribution in [0.25, 0.3) is 0 Å². The largest absolute Gasteiger partial charge is 0.481 e. The van der Waals surface area contributed by atoms with Crippen molar-refractivity contribution in [3.05, 3.63) is 0 Å². The average Bonchev–Trinajstić information content (AvgIpc) is 2.20. The van der Waals surface area contributed by atoms with Crippen LogP contribution in [0.2, 0.25) is 0 Å². The van der Waals surface area contributed by atoms with Crippen LogP contribution in [-0.4, -0.2) is 51.6 Å². The van der Waals surface area contributed by atoms with E-state index < -0.39 is 36.3 Å². The lowest BCUT2D eigenvalue weighted by Crippen LogP contribution is -2.42. The second-order valence-corrected chi connectivity index (χ2v) is 3.84. The van der Waals surface area contributed by atoms with Crippen LogP contribution in [0.3, 0.4) is 0 Å². The van der Waals surface area contributed by atoms with E-state index in [0.29, 0.717) is 0 Å². The van der Waals surface area contributed by atoms with E-state index in [2.05, 4.69) is 5.32 Å². The fraction of sp³-hybridized carbons (Fsp3) is 0.600. The molecule has 0 saturated carbocycles. The first-order valence-corrected chi connectivity index (χ1v) is 5.14. The normalized spacial score (nSPS) is 13.6. The van der Waals surface area contributed by atoms with Gasteiger partial charge in [-0.2, -0.15) is 0 Å². The minimum Gasteiger partial charge on any atom is -0.481 e. The molecule has 0 aromatic heterocycles. The lowest BCUT2D eigenvalue weighted by atomic mass is 10.0. The highest BCUT2D eigenvalue weighted by Gasteiger charge is 2.25. The zero-order valence-corrected chi connectivity index (χ0v) is 9.75. The number of rotatable bonds is 9. The quantitative estimate of drug-likeness (QED) is 0.422. The number of carbonyl (C=O) groups is 4. The first-order valence-electron chi connectivity index (χ1n) is 5.14. The molecular formula is C10H15NO7. The zero-order valence-electron chi connectivity index (χ0n) is 9.75. The molecule has 8 heteroatoms. The Bertz CT molecular complexity index is 318. The molecule has 0 aromatic rings. The second kappa shape index (κ2) is 7.38. The molecular weight excluding hydrogens is 246 g/mol. The molecule has 0 radical (unpaired) electrons. The maximum Gasteiger partial charge on any atom is 0.321 e. The maximum atomic E-state index is 10.8. The van der Waals surface area contributed by atoms with Crippen molar-refractivity contribution in [3.63, 3.8) is 0 Å². The van der Waals surface area contributed by atoms with Gasteiger partial charge in [0, 0.05) is 13.0 Å².